The van der Waals surface area contributed by atoms with Gasteiger partial charge in [-0.15, -0.1) is 0 Å². The van der Waals surface area contributed by atoms with Gasteiger partial charge in [0.2, 0.25) is 5.91 Å². The third kappa shape index (κ3) is 4.99. The second-order valence-electron chi connectivity index (χ2n) is 4.67. The van der Waals surface area contributed by atoms with Crippen molar-refractivity contribution in [2.45, 2.75) is 39.7 Å². The SMILES string of the molecule is C=C(C)C(=O)NC(C)(C)CC(C)=C(C#N)C#N. The molecule has 0 rings (SSSR count). The molecular formula is C13H17N3O. The van der Waals surface area contributed by atoms with E-state index < -0.39 is 5.54 Å². The highest BCUT2D eigenvalue weighted by Crippen LogP contribution is 2.18. The van der Waals surface area contributed by atoms with Gasteiger partial charge in [0.05, 0.1) is 0 Å². The van der Waals surface area contributed by atoms with Crippen molar-refractivity contribution in [1.29, 1.82) is 10.5 Å². The molecule has 0 aliphatic carbocycles. The van der Waals surface area contributed by atoms with Crippen LogP contribution in [0, 0.1) is 22.7 Å². The number of carbonyl (C=O) groups excluding carboxylic acids is 1. The molecule has 90 valence electrons. The number of nitrogens with one attached hydrogen (secondary N) is 1. The van der Waals surface area contributed by atoms with Gasteiger partial charge in [-0.25, -0.2) is 0 Å². The minimum Gasteiger partial charge on any atom is -0.347 e. The Morgan fingerprint density at radius 3 is 2.12 bits per heavy atom. The quantitative estimate of drug-likeness (QED) is 0.595. The summed E-state index contributed by atoms with van der Waals surface area (Å²) < 4.78 is 0. The molecule has 4 nitrogen and oxygen atoms in total. The van der Waals surface area contributed by atoms with Gasteiger partial charge < -0.3 is 5.32 Å². The fraction of sp³-hybridized carbons (Fsp3) is 0.462. The molecule has 17 heavy (non-hydrogen) atoms. The van der Waals surface area contributed by atoms with Gasteiger partial charge in [0.15, 0.2) is 0 Å². The van der Waals surface area contributed by atoms with Crippen molar-refractivity contribution in [3.63, 3.8) is 0 Å². The van der Waals surface area contributed by atoms with E-state index in [0.29, 0.717) is 17.6 Å². The van der Waals surface area contributed by atoms with E-state index in [0.717, 1.165) is 0 Å². The molecule has 0 radical (unpaired) electrons. The second kappa shape index (κ2) is 5.86. The largest absolute Gasteiger partial charge is 0.347 e. The predicted molar refractivity (Wildman–Crippen MR) is 65.6 cm³/mol. The first-order chi connectivity index (χ1) is 7.73. The summed E-state index contributed by atoms with van der Waals surface area (Å²) in [5.74, 6) is -0.224. The van der Waals surface area contributed by atoms with E-state index in [-0.39, 0.29) is 11.5 Å². The van der Waals surface area contributed by atoms with Gasteiger partial charge in [-0.1, -0.05) is 6.58 Å². The van der Waals surface area contributed by atoms with Gasteiger partial charge >= 0.3 is 0 Å². The zero-order valence-corrected chi connectivity index (χ0v) is 10.7. The van der Waals surface area contributed by atoms with Crippen molar-refractivity contribution >= 4 is 5.91 Å². The minimum atomic E-state index is -0.515. The van der Waals surface area contributed by atoms with Crippen LogP contribution >= 0.6 is 0 Å². The summed E-state index contributed by atoms with van der Waals surface area (Å²) in [5.41, 5.74) is 0.684. The number of rotatable bonds is 4. The van der Waals surface area contributed by atoms with E-state index in [9.17, 15) is 4.79 Å². The lowest BCUT2D eigenvalue weighted by atomic mass is 9.93. The van der Waals surface area contributed by atoms with Crippen molar-refractivity contribution in [1.82, 2.24) is 5.32 Å². The average Bonchev–Trinajstić information content (AvgIpc) is 2.17. The number of carbonyl (C=O) groups is 1. The Balaban J connectivity index is 4.85. The van der Waals surface area contributed by atoms with Crippen molar-refractivity contribution in [2.75, 3.05) is 0 Å². The Morgan fingerprint density at radius 2 is 1.76 bits per heavy atom. The normalized spacial score (nSPS) is 9.76. The van der Waals surface area contributed by atoms with Gasteiger partial charge in [-0.3, -0.25) is 4.79 Å². The van der Waals surface area contributed by atoms with Gasteiger partial charge in [0, 0.05) is 11.1 Å². The van der Waals surface area contributed by atoms with Gasteiger partial charge in [-0.2, -0.15) is 10.5 Å². The summed E-state index contributed by atoms with van der Waals surface area (Å²) in [6.07, 6.45) is 0.447. The van der Waals surface area contributed by atoms with Crippen LogP contribution in [0.2, 0.25) is 0 Å². The number of nitriles is 2. The molecule has 0 bridgehead atoms. The minimum absolute atomic E-state index is 0.0997. The van der Waals surface area contributed by atoms with E-state index >= 15 is 0 Å². The number of allylic oxidation sites excluding steroid dienone is 1. The van der Waals surface area contributed by atoms with Crippen LogP contribution in [0.5, 0.6) is 0 Å². The summed E-state index contributed by atoms with van der Waals surface area (Å²) in [7, 11) is 0. The third-order valence-electron chi connectivity index (χ3n) is 2.20. The van der Waals surface area contributed by atoms with E-state index in [1.165, 1.54) is 0 Å². The van der Waals surface area contributed by atoms with Crippen LogP contribution in [-0.4, -0.2) is 11.4 Å². The lowest BCUT2D eigenvalue weighted by molar-refractivity contribution is -0.118. The highest BCUT2D eigenvalue weighted by atomic mass is 16.1. The van der Waals surface area contributed by atoms with E-state index in [1.54, 1.807) is 13.8 Å². The molecule has 0 saturated heterocycles. The molecule has 1 N–H and O–H groups in total. The standard InChI is InChI=1S/C13H17N3O/c1-9(2)12(17)16-13(4,5)6-10(3)11(7-14)8-15/h1,6H2,2-5H3,(H,16,17). The molecule has 0 atom stereocenters. The molecule has 4 heteroatoms. The third-order valence-corrected chi connectivity index (χ3v) is 2.20. The Morgan fingerprint density at radius 1 is 1.29 bits per heavy atom. The molecule has 0 aliphatic heterocycles. The molecule has 0 aromatic carbocycles. The number of nitrogens with zero attached hydrogens (tertiary/aromatic N) is 2. The average molecular weight is 231 g/mol. The first kappa shape index (κ1) is 14.9. The molecule has 0 aliphatic rings. The fourth-order valence-electron chi connectivity index (χ4n) is 1.43. The Kier molecular flexibility index (Phi) is 5.15. The molecule has 0 saturated carbocycles. The first-order valence-corrected chi connectivity index (χ1v) is 5.21. The van der Waals surface area contributed by atoms with Crippen molar-refractivity contribution < 1.29 is 4.79 Å². The monoisotopic (exact) mass is 231 g/mol. The maximum absolute atomic E-state index is 11.5. The zero-order valence-electron chi connectivity index (χ0n) is 10.7. The van der Waals surface area contributed by atoms with Gasteiger partial charge in [-0.05, 0) is 39.7 Å². The molecule has 0 aromatic rings. The predicted octanol–water partition coefficient (Wildman–Crippen LogP) is 2.21. The number of amides is 1. The smallest absolute Gasteiger partial charge is 0.246 e. The second-order valence-corrected chi connectivity index (χ2v) is 4.67. The summed E-state index contributed by atoms with van der Waals surface area (Å²) in [6.45, 7) is 10.6. The van der Waals surface area contributed by atoms with Crippen molar-refractivity contribution in [3.8, 4) is 12.1 Å². The molecule has 0 fully saturated rings. The summed E-state index contributed by atoms with van der Waals surface area (Å²) in [6, 6.07) is 3.68. The maximum atomic E-state index is 11.5. The highest BCUT2D eigenvalue weighted by molar-refractivity contribution is 5.92. The fourth-order valence-corrected chi connectivity index (χ4v) is 1.43. The Bertz CT molecular complexity index is 428. The molecular weight excluding hydrogens is 214 g/mol. The lowest BCUT2D eigenvalue weighted by Crippen LogP contribution is -2.43. The van der Waals surface area contributed by atoms with Crippen LogP contribution in [0.4, 0.5) is 0 Å². The van der Waals surface area contributed by atoms with Crippen LogP contribution in [0.25, 0.3) is 0 Å². The van der Waals surface area contributed by atoms with E-state index in [2.05, 4.69) is 11.9 Å². The van der Waals surface area contributed by atoms with E-state index in [1.807, 2.05) is 26.0 Å². The van der Waals surface area contributed by atoms with Crippen molar-refractivity contribution in [2.24, 2.45) is 0 Å². The van der Waals surface area contributed by atoms with Crippen LogP contribution in [0.1, 0.15) is 34.1 Å². The summed E-state index contributed by atoms with van der Waals surface area (Å²) in [4.78, 5) is 11.5. The number of hydrogen-bond acceptors (Lipinski definition) is 3. The topological polar surface area (TPSA) is 76.7 Å². The lowest BCUT2D eigenvalue weighted by Gasteiger charge is -2.26. The van der Waals surface area contributed by atoms with Crippen LogP contribution in [0.15, 0.2) is 23.3 Å². The van der Waals surface area contributed by atoms with Crippen LogP contribution < -0.4 is 5.32 Å². The molecule has 0 heterocycles. The van der Waals surface area contributed by atoms with Crippen molar-refractivity contribution in [3.05, 3.63) is 23.3 Å². The van der Waals surface area contributed by atoms with Gasteiger partial charge in [0.25, 0.3) is 0 Å². The molecule has 0 aromatic heterocycles. The van der Waals surface area contributed by atoms with Crippen LogP contribution in [0.3, 0.4) is 0 Å². The van der Waals surface area contributed by atoms with E-state index in [4.69, 9.17) is 10.5 Å². The Labute approximate surface area is 102 Å². The first-order valence-electron chi connectivity index (χ1n) is 5.21. The van der Waals surface area contributed by atoms with Gasteiger partial charge in [0.1, 0.15) is 17.7 Å². The van der Waals surface area contributed by atoms with Crippen LogP contribution in [-0.2, 0) is 4.79 Å². The highest BCUT2D eigenvalue weighted by Gasteiger charge is 2.22. The summed E-state index contributed by atoms with van der Waals surface area (Å²) in [5, 5.41) is 20.3. The number of hydrogen-bond donors (Lipinski definition) is 1. The molecule has 0 unspecified atom stereocenters. The molecule has 0 spiro atoms. The Hall–Kier alpha value is -2.07. The zero-order chi connectivity index (χ0) is 13.6. The maximum Gasteiger partial charge on any atom is 0.246 e. The summed E-state index contributed by atoms with van der Waals surface area (Å²) >= 11 is 0. The molecule has 1 amide bonds.